The zero-order valence-corrected chi connectivity index (χ0v) is 18.0. The molecule has 28 heavy (non-hydrogen) atoms. The average molecular weight is 436 g/mol. The molecule has 1 aromatic rings. The summed E-state index contributed by atoms with van der Waals surface area (Å²) in [5, 5.41) is 6.09. The molecule has 1 aromatic carbocycles. The molecule has 0 saturated carbocycles. The van der Waals surface area contributed by atoms with Crippen LogP contribution in [0.25, 0.3) is 0 Å². The Kier molecular flexibility index (Phi) is 10.6. The fraction of sp³-hybridized carbons (Fsp3) is 0.611. The largest absolute Gasteiger partial charge is 0.493 e. The van der Waals surface area contributed by atoms with Gasteiger partial charge in [0.1, 0.15) is 0 Å². The third-order valence-electron chi connectivity index (χ3n) is 4.49. The number of hydrogen-bond donors (Lipinski definition) is 2. The molecule has 0 unspecified atom stereocenters. The van der Waals surface area contributed by atoms with E-state index in [1.54, 1.807) is 6.07 Å². The highest BCUT2D eigenvalue weighted by molar-refractivity contribution is 7.91. The van der Waals surface area contributed by atoms with E-state index in [9.17, 15) is 13.2 Å². The van der Waals surface area contributed by atoms with E-state index in [4.69, 9.17) is 9.47 Å². The minimum absolute atomic E-state index is 0. The highest BCUT2D eigenvalue weighted by Gasteiger charge is 2.19. The number of carbonyl (C=O) groups is 1. The topological polar surface area (TPSA) is 97.0 Å². The summed E-state index contributed by atoms with van der Waals surface area (Å²) in [6.45, 7) is 5.54. The average Bonchev–Trinajstić information content (AvgIpc) is 2.70. The first-order chi connectivity index (χ1) is 13.0. The standard InChI is InChI=1S/C18H29N3O5S.ClH/c1-25-16-5-4-15(14-17(16)26-2)27(23,24)13-6-18(22)20-7-3-10-21-11-8-19-9-12-21;/h4-5,14,19H,3,6-13H2,1-2H3,(H,20,22);1H. The van der Waals surface area contributed by atoms with Crippen molar-refractivity contribution in [2.24, 2.45) is 0 Å². The fourth-order valence-electron chi connectivity index (χ4n) is 2.91. The van der Waals surface area contributed by atoms with Gasteiger partial charge in [-0.3, -0.25) is 4.79 Å². The number of amides is 1. The van der Waals surface area contributed by atoms with Gasteiger partial charge in [-0.05, 0) is 25.1 Å². The number of carbonyl (C=O) groups excluding carboxylic acids is 1. The number of methoxy groups -OCH3 is 2. The van der Waals surface area contributed by atoms with Crippen LogP contribution in [0, 0.1) is 0 Å². The number of rotatable bonds is 10. The molecule has 2 N–H and O–H groups in total. The molecular weight excluding hydrogens is 406 g/mol. The predicted octanol–water partition coefficient (Wildman–Crippen LogP) is 0.701. The number of benzene rings is 1. The van der Waals surface area contributed by atoms with Crippen molar-refractivity contribution in [2.75, 3.05) is 59.2 Å². The maximum atomic E-state index is 12.5. The second kappa shape index (κ2) is 12.1. The molecule has 1 aliphatic heterocycles. The minimum Gasteiger partial charge on any atom is -0.493 e. The Morgan fingerprint density at radius 1 is 1.18 bits per heavy atom. The van der Waals surface area contributed by atoms with Crippen molar-refractivity contribution < 1.29 is 22.7 Å². The van der Waals surface area contributed by atoms with E-state index in [1.165, 1.54) is 26.4 Å². The number of piperazine rings is 1. The van der Waals surface area contributed by atoms with Crippen LogP contribution in [0.3, 0.4) is 0 Å². The maximum Gasteiger partial charge on any atom is 0.221 e. The van der Waals surface area contributed by atoms with Crippen LogP contribution in [0.5, 0.6) is 11.5 Å². The molecule has 1 amide bonds. The lowest BCUT2D eigenvalue weighted by atomic mass is 10.3. The number of sulfone groups is 1. The number of nitrogens with one attached hydrogen (secondary N) is 2. The van der Waals surface area contributed by atoms with Gasteiger partial charge in [0.2, 0.25) is 5.91 Å². The summed E-state index contributed by atoms with van der Waals surface area (Å²) in [5.41, 5.74) is 0. The van der Waals surface area contributed by atoms with Crippen molar-refractivity contribution in [3.8, 4) is 11.5 Å². The molecule has 0 bridgehead atoms. The van der Waals surface area contributed by atoms with Gasteiger partial charge in [0.15, 0.2) is 21.3 Å². The summed E-state index contributed by atoms with van der Waals surface area (Å²) < 4.78 is 35.2. The number of hydrogen-bond acceptors (Lipinski definition) is 7. The van der Waals surface area contributed by atoms with Crippen molar-refractivity contribution in [2.45, 2.75) is 17.7 Å². The molecule has 0 aliphatic carbocycles. The molecule has 0 spiro atoms. The number of ether oxygens (including phenoxy) is 2. The van der Waals surface area contributed by atoms with Gasteiger partial charge in [0, 0.05) is 45.2 Å². The van der Waals surface area contributed by atoms with E-state index in [1.807, 2.05) is 0 Å². The first-order valence-corrected chi connectivity index (χ1v) is 10.8. The van der Waals surface area contributed by atoms with Gasteiger partial charge < -0.3 is 25.0 Å². The van der Waals surface area contributed by atoms with Gasteiger partial charge in [-0.25, -0.2) is 8.42 Å². The van der Waals surface area contributed by atoms with Crippen LogP contribution in [0.2, 0.25) is 0 Å². The highest BCUT2D eigenvalue weighted by atomic mass is 35.5. The Balaban J connectivity index is 0.00000392. The van der Waals surface area contributed by atoms with Crippen molar-refractivity contribution in [1.82, 2.24) is 15.5 Å². The molecule has 1 heterocycles. The van der Waals surface area contributed by atoms with Crippen molar-refractivity contribution in [3.63, 3.8) is 0 Å². The Morgan fingerprint density at radius 2 is 1.86 bits per heavy atom. The van der Waals surface area contributed by atoms with Gasteiger partial charge in [0.05, 0.1) is 24.9 Å². The molecule has 8 nitrogen and oxygen atoms in total. The first-order valence-electron chi connectivity index (χ1n) is 9.11. The number of nitrogens with zero attached hydrogens (tertiary/aromatic N) is 1. The molecule has 0 atom stereocenters. The lowest BCUT2D eigenvalue weighted by Crippen LogP contribution is -2.44. The van der Waals surface area contributed by atoms with Gasteiger partial charge >= 0.3 is 0 Å². The normalized spacial score (nSPS) is 14.8. The van der Waals surface area contributed by atoms with Crippen LogP contribution in [0.1, 0.15) is 12.8 Å². The second-order valence-corrected chi connectivity index (χ2v) is 8.49. The molecule has 1 saturated heterocycles. The summed E-state index contributed by atoms with van der Waals surface area (Å²) in [4.78, 5) is 14.4. The quantitative estimate of drug-likeness (QED) is 0.522. The summed E-state index contributed by atoms with van der Waals surface area (Å²) >= 11 is 0. The Hall–Kier alpha value is -1.55. The zero-order chi connectivity index (χ0) is 19.7. The van der Waals surface area contributed by atoms with Gasteiger partial charge in [-0.15, -0.1) is 12.4 Å². The molecule has 160 valence electrons. The highest BCUT2D eigenvalue weighted by Crippen LogP contribution is 2.29. The second-order valence-electron chi connectivity index (χ2n) is 6.38. The van der Waals surface area contributed by atoms with E-state index in [0.717, 1.165) is 39.1 Å². The van der Waals surface area contributed by atoms with Crippen molar-refractivity contribution in [1.29, 1.82) is 0 Å². The van der Waals surface area contributed by atoms with E-state index in [-0.39, 0.29) is 35.4 Å². The first kappa shape index (κ1) is 24.5. The van der Waals surface area contributed by atoms with Crippen LogP contribution >= 0.6 is 12.4 Å². The van der Waals surface area contributed by atoms with Crippen LogP contribution < -0.4 is 20.1 Å². The summed E-state index contributed by atoms with van der Waals surface area (Å²) in [6.07, 6.45) is 0.790. The molecule has 0 aromatic heterocycles. The van der Waals surface area contributed by atoms with Crippen molar-refractivity contribution >= 4 is 28.2 Å². The van der Waals surface area contributed by atoms with E-state index in [0.29, 0.717) is 18.0 Å². The molecule has 1 fully saturated rings. The van der Waals surface area contributed by atoms with Gasteiger partial charge in [-0.1, -0.05) is 0 Å². The molecule has 2 rings (SSSR count). The lowest BCUT2D eigenvalue weighted by Gasteiger charge is -2.27. The van der Waals surface area contributed by atoms with E-state index >= 15 is 0 Å². The van der Waals surface area contributed by atoms with Gasteiger partial charge in [-0.2, -0.15) is 0 Å². The van der Waals surface area contributed by atoms with Crippen LogP contribution in [-0.4, -0.2) is 78.5 Å². The third-order valence-corrected chi connectivity index (χ3v) is 6.21. The lowest BCUT2D eigenvalue weighted by molar-refractivity contribution is -0.120. The predicted molar refractivity (Wildman–Crippen MR) is 110 cm³/mol. The van der Waals surface area contributed by atoms with Crippen molar-refractivity contribution in [3.05, 3.63) is 18.2 Å². The van der Waals surface area contributed by atoms with Crippen LogP contribution in [0.15, 0.2) is 23.1 Å². The van der Waals surface area contributed by atoms with Crippen LogP contribution in [-0.2, 0) is 14.6 Å². The molecule has 1 aliphatic rings. The van der Waals surface area contributed by atoms with Gasteiger partial charge in [0.25, 0.3) is 0 Å². The summed E-state index contributed by atoms with van der Waals surface area (Å²) in [7, 11) is -0.641. The number of halogens is 1. The summed E-state index contributed by atoms with van der Waals surface area (Å²) in [6, 6.07) is 4.42. The third kappa shape index (κ3) is 7.46. The minimum atomic E-state index is -3.57. The molecule has 10 heteroatoms. The van der Waals surface area contributed by atoms with Crippen LogP contribution in [0.4, 0.5) is 0 Å². The Bertz CT molecular complexity index is 724. The van der Waals surface area contributed by atoms with E-state index in [2.05, 4.69) is 15.5 Å². The Morgan fingerprint density at radius 3 is 2.50 bits per heavy atom. The SMILES string of the molecule is COc1ccc(S(=O)(=O)CCC(=O)NCCCN2CCNCC2)cc1OC.Cl. The fourth-order valence-corrected chi connectivity index (χ4v) is 4.16. The summed E-state index contributed by atoms with van der Waals surface area (Å²) in [5.74, 6) is 0.306. The monoisotopic (exact) mass is 435 g/mol. The van der Waals surface area contributed by atoms with E-state index < -0.39 is 9.84 Å². The maximum absolute atomic E-state index is 12.5. The zero-order valence-electron chi connectivity index (χ0n) is 16.4. The molecule has 0 radical (unpaired) electrons. The smallest absolute Gasteiger partial charge is 0.221 e. The molecular formula is C18H30ClN3O5S. The Labute approximate surface area is 173 Å².